The molecule has 0 aliphatic carbocycles. The zero-order valence-corrected chi connectivity index (χ0v) is 11.8. The second-order valence-corrected chi connectivity index (χ2v) is 4.94. The summed E-state index contributed by atoms with van der Waals surface area (Å²) in [5, 5.41) is 2.95. The summed E-state index contributed by atoms with van der Waals surface area (Å²) in [6, 6.07) is 14.0. The van der Waals surface area contributed by atoms with E-state index in [2.05, 4.69) is 10.3 Å². The second-order valence-electron chi connectivity index (χ2n) is 4.94. The molecule has 0 unspecified atom stereocenters. The average molecular weight is 268 g/mol. The van der Waals surface area contributed by atoms with Crippen molar-refractivity contribution in [2.45, 2.75) is 26.2 Å². The van der Waals surface area contributed by atoms with Crippen molar-refractivity contribution >= 4 is 5.91 Å². The summed E-state index contributed by atoms with van der Waals surface area (Å²) >= 11 is 0. The van der Waals surface area contributed by atoms with Crippen LogP contribution in [0.15, 0.2) is 48.7 Å². The monoisotopic (exact) mass is 268 g/mol. The van der Waals surface area contributed by atoms with Crippen LogP contribution in [-0.4, -0.2) is 17.4 Å². The third-order valence-corrected chi connectivity index (χ3v) is 3.14. The molecule has 1 heterocycles. The van der Waals surface area contributed by atoms with Gasteiger partial charge in [0.1, 0.15) is 0 Å². The van der Waals surface area contributed by atoms with Crippen LogP contribution in [0.25, 0.3) is 0 Å². The summed E-state index contributed by atoms with van der Waals surface area (Å²) in [4.78, 5) is 16.0. The second kappa shape index (κ2) is 7.43. The average Bonchev–Trinajstić information content (AvgIpc) is 2.47. The highest BCUT2D eigenvalue weighted by Crippen LogP contribution is 2.04. The molecule has 1 aromatic heterocycles. The van der Waals surface area contributed by atoms with Crippen LogP contribution < -0.4 is 5.32 Å². The van der Waals surface area contributed by atoms with Crippen molar-refractivity contribution in [3.05, 3.63) is 65.5 Å². The summed E-state index contributed by atoms with van der Waals surface area (Å²) in [7, 11) is 0. The van der Waals surface area contributed by atoms with Crippen molar-refractivity contribution in [2.75, 3.05) is 6.54 Å². The molecule has 0 saturated heterocycles. The molecule has 0 spiro atoms. The van der Waals surface area contributed by atoms with Crippen LogP contribution in [0.2, 0.25) is 0 Å². The van der Waals surface area contributed by atoms with Gasteiger partial charge in [0.05, 0.1) is 6.42 Å². The highest BCUT2D eigenvalue weighted by molar-refractivity contribution is 5.78. The molecule has 0 bridgehead atoms. The fourth-order valence-electron chi connectivity index (χ4n) is 2.00. The molecule has 104 valence electrons. The van der Waals surface area contributed by atoms with Gasteiger partial charge >= 0.3 is 0 Å². The molecule has 0 atom stereocenters. The van der Waals surface area contributed by atoms with Crippen molar-refractivity contribution in [3.8, 4) is 0 Å². The maximum atomic E-state index is 11.8. The zero-order valence-electron chi connectivity index (χ0n) is 11.8. The van der Waals surface area contributed by atoms with E-state index in [1.54, 1.807) is 6.20 Å². The lowest BCUT2D eigenvalue weighted by atomic mass is 10.1. The van der Waals surface area contributed by atoms with Gasteiger partial charge in [-0.3, -0.25) is 9.78 Å². The van der Waals surface area contributed by atoms with E-state index < -0.39 is 0 Å². The Kier molecular flexibility index (Phi) is 5.30. The number of benzene rings is 1. The van der Waals surface area contributed by atoms with Crippen LogP contribution in [0.4, 0.5) is 0 Å². The molecule has 0 aliphatic rings. The van der Waals surface area contributed by atoms with E-state index in [1.807, 2.05) is 49.4 Å². The maximum Gasteiger partial charge on any atom is 0.224 e. The summed E-state index contributed by atoms with van der Waals surface area (Å²) < 4.78 is 0. The minimum atomic E-state index is 0.0786. The van der Waals surface area contributed by atoms with Crippen LogP contribution in [0.3, 0.4) is 0 Å². The maximum absolute atomic E-state index is 11.8. The van der Waals surface area contributed by atoms with Crippen molar-refractivity contribution in [1.82, 2.24) is 10.3 Å². The van der Waals surface area contributed by atoms with E-state index in [4.69, 9.17) is 0 Å². The first-order valence-electron chi connectivity index (χ1n) is 6.96. The van der Waals surface area contributed by atoms with Crippen LogP contribution in [0.1, 0.15) is 23.2 Å². The third-order valence-electron chi connectivity index (χ3n) is 3.14. The number of hydrogen-bond donors (Lipinski definition) is 1. The lowest BCUT2D eigenvalue weighted by Gasteiger charge is -2.05. The molecule has 0 fully saturated rings. The van der Waals surface area contributed by atoms with Gasteiger partial charge in [-0.05, 0) is 37.5 Å². The van der Waals surface area contributed by atoms with Gasteiger partial charge in [0.25, 0.3) is 0 Å². The molecule has 20 heavy (non-hydrogen) atoms. The highest BCUT2D eigenvalue weighted by Gasteiger charge is 2.02. The molecule has 3 heteroatoms. The number of pyridine rings is 1. The largest absolute Gasteiger partial charge is 0.356 e. The predicted octanol–water partition coefficient (Wildman–Crippen LogP) is 2.68. The van der Waals surface area contributed by atoms with Gasteiger partial charge < -0.3 is 5.32 Å². The normalized spacial score (nSPS) is 10.2. The van der Waals surface area contributed by atoms with Gasteiger partial charge in [-0.25, -0.2) is 0 Å². The quantitative estimate of drug-likeness (QED) is 0.818. The molecule has 1 amide bonds. The summed E-state index contributed by atoms with van der Waals surface area (Å²) in [5.74, 6) is 0.0786. The predicted molar refractivity (Wildman–Crippen MR) is 80.5 cm³/mol. The van der Waals surface area contributed by atoms with E-state index in [-0.39, 0.29) is 5.91 Å². The smallest absolute Gasteiger partial charge is 0.224 e. The number of aromatic nitrogens is 1. The Hall–Kier alpha value is -2.16. The van der Waals surface area contributed by atoms with Gasteiger partial charge in [-0.2, -0.15) is 0 Å². The number of rotatable bonds is 6. The first-order chi connectivity index (χ1) is 9.74. The van der Waals surface area contributed by atoms with E-state index in [0.717, 1.165) is 24.1 Å². The number of carbonyl (C=O) groups excluding carboxylic acids is 1. The molecular formula is C17H20N2O. The minimum Gasteiger partial charge on any atom is -0.356 e. The van der Waals surface area contributed by atoms with E-state index in [9.17, 15) is 4.79 Å². The van der Waals surface area contributed by atoms with E-state index in [1.165, 1.54) is 5.56 Å². The Bertz CT molecular complexity index is 535. The van der Waals surface area contributed by atoms with Crippen LogP contribution in [0.5, 0.6) is 0 Å². The Labute approximate surface area is 120 Å². The van der Waals surface area contributed by atoms with Crippen LogP contribution in [0, 0.1) is 6.92 Å². The van der Waals surface area contributed by atoms with Gasteiger partial charge in [0, 0.05) is 18.4 Å². The standard InChI is InChI=1S/C17H20N2O/c1-14-7-9-15(10-8-14)13-17(20)19-12-4-6-16-5-2-3-11-18-16/h2-3,5,7-11H,4,6,12-13H2,1H3,(H,19,20). The molecule has 1 N–H and O–H groups in total. The molecule has 1 aromatic carbocycles. The number of nitrogens with one attached hydrogen (secondary N) is 1. The summed E-state index contributed by atoms with van der Waals surface area (Å²) in [5.41, 5.74) is 3.34. The molecule has 3 nitrogen and oxygen atoms in total. The van der Waals surface area contributed by atoms with Gasteiger partial charge in [-0.1, -0.05) is 35.9 Å². The lowest BCUT2D eigenvalue weighted by molar-refractivity contribution is -0.120. The van der Waals surface area contributed by atoms with Gasteiger partial charge in [0.2, 0.25) is 5.91 Å². The van der Waals surface area contributed by atoms with E-state index in [0.29, 0.717) is 13.0 Å². The number of hydrogen-bond acceptors (Lipinski definition) is 2. The fourth-order valence-corrected chi connectivity index (χ4v) is 2.00. The number of amides is 1. The molecular weight excluding hydrogens is 248 g/mol. The molecule has 0 radical (unpaired) electrons. The van der Waals surface area contributed by atoms with Crippen LogP contribution >= 0.6 is 0 Å². The summed E-state index contributed by atoms with van der Waals surface area (Å²) in [6.45, 7) is 2.74. The van der Waals surface area contributed by atoms with Gasteiger partial charge in [-0.15, -0.1) is 0 Å². The first kappa shape index (κ1) is 14.3. The molecule has 2 rings (SSSR count). The minimum absolute atomic E-state index is 0.0786. The lowest BCUT2D eigenvalue weighted by Crippen LogP contribution is -2.26. The van der Waals surface area contributed by atoms with Crippen molar-refractivity contribution in [1.29, 1.82) is 0 Å². The zero-order chi connectivity index (χ0) is 14.2. The van der Waals surface area contributed by atoms with Crippen LogP contribution in [-0.2, 0) is 17.6 Å². The van der Waals surface area contributed by atoms with Crippen molar-refractivity contribution < 1.29 is 4.79 Å². The SMILES string of the molecule is Cc1ccc(CC(=O)NCCCc2ccccn2)cc1. The summed E-state index contributed by atoms with van der Waals surface area (Å²) in [6.07, 6.45) is 4.05. The molecule has 2 aromatic rings. The topological polar surface area (TPSA) is 42.0 Å². The van der Waals surface area contributed by atoms with Gasteiger partial charge in [0.15, 0.2) is 0 Å². The third kappa shape index (κ3) is 4.84. The Morgan fingerprint density at radius 3 is 2.65 bits per heavy atom. The first-order valence-corrected chi connectivity index (χ1v) is 6.96. The van der Waals surface area contributed by atoms with E-state index >= 15 is 0 Å². The van der Waals surface area contributed by atoms with Crippen molar-refractivity contribution in [2.24, 2.45) is 0 Å². The van der Waals surface area contributed by atoms with Crippen molar-refractivity contribution in [3.63, 3.8) is 0 Å². The Morgan fingerprint density at radius 2 is 1.95 bits per heavy atom. The highest BCUT2D eigenvalue weighted by atomic mass is 16.1. The Balaban J connectivity index is 1.66. The fraction of sp³-hybridized carbons (Fsp3) is 0.294. The molecule has 0 aliphatic heterocycles. The Morgan fingerprint density at radius 1 is 1.15 bits per heavy atom. The number of carbonyl (C=O) groups is 1. The number of aryl methyl sites for hydroxylation is 2. The number of nitrogens with zero attached hydrogens (tertiary/aromatic N) is 1. The molecule has 0 saturated carbocycles.